The van der Waals surface area contributed by atoms with Crippen LogP contribution in [0.3, 0.4) is 0 Å². The molecular formula is C16H15Cl2N3O. The van der Waals surface area contributed by atoms with Crippen molar-refractivity contribution in [3.8, 4) is 0 Å². The number of aromatic nitrogens is 1. The van der Waals surface area contributed by atoms with Crippen LogP contribution < -0.4 is 5.32 Å². The lowest BCUT2D eigenvalue weighted by Gasteiger charge is -2.15. The number of benzene rings is 1. The first-order valence-electron chi connectivity index (χ1n) is 7.09. The van der Waals surface area contributed by atoms with E-state index in [-0.39, 0.29) is 5.91 Å². The minimum Gasteiger partial charge on any atom is -0.354 e. The van der Waals surface area contributed by atoms with Gasteiger partial charge >= 0.3 is 0 Å². The average molecular weight is 336 g/mol. The number of nitrogens with one attached hydrogen (secondary N) is 1. The lowest BCUT2D eigenvalue weighted by molar-refractivity contribution is 0.0792. The molecule has 1 N–H and O–H groups in total. The summed E-state index contributed by atoms with van der Waals surface area (Å²) in [5.41, 5.74) is 2.06. The van der Waals surface area contributed by atoms with Crippen molar-refractivity contribution in [3.05, 3.63) is 52.3 Å². The highest BCUT2D eigenvalue weighted by atomic mass is 35.5. The second kappa shape index (κ2) is 6.55. The number of hydrogen-bond acceptors (Lipinski definition) is 3. The fourth-order valence-electron chi connectivity index (χ4n) is 2.52. The Kier molecular flexibility index (Phi) is 4.50. The SMILES string of the molecule is O=C(c1cncc(Nc2cc(Cl)cc(Cl)c2)c1)N1CCCC1. The van der Waals surface area contributed by atoms with E-state index in [1.54, 1.807) is 36.7 Å². The molecule has 1 saturated heterocycles. The first kappa shape index (κ1) is 15.1. The number of anilines is 2. The maximum absolute atomic E-state index is 12.4. The van der Waals surface area contributed by atoms with Crippen LogP contribution in [0.15, 0.2) is 36.7 Å². The fourth-order valence-corrected chi connectivity index (χ4v) is 3.05. The summed E-state index contributed by atoms with van der Waals surface area (Å²) in [5, 5.41) is 4.27. The van der Waals surface area contributed by atoms with Gasteiger partial charge in [0.2, 0.25) is 0 Å². The van der Waals surface area contributed by atoms with Crippen LogP contribution in [0.1, 0.15) is 23.2 Å². The van der Waals surface area contributed by atoms with Gasteiger partial charge in [-0.25, -0.2) is 0 Å². The van der Waals surface area contributed by atoms with Crippen molar-refractivity contribution in [2.75, 3.05) is 18.4 Å². The zero-order valence-electron chi connectivity index (χ0n) is 11.9. The number of rotatable bonds is 3. The predicted molar refractivity (Wildman–Crippen MR) is 89.1 cm³/mol. The van der Waals surface area contributed by atoms with Gasteiger partial charge < -0.3 is 10.2 Å². The second-order valence-electron chi connectivity index (χ2n) is 5.24. The normalized spacial score (nSPS) is 14.2. The Morgan fingerprint density at radius 2 is 1.68 bits per heavy atom. The summed E-state index contributed by atoms with van der Waals surface area (Å²) in [5.74, 6) is 0.0257. The molecule has 1 aromatic carbocycles. The average Bonchev–Trinajstić information content (AvgIpc) is 3.00. The quantitative estimate of drug-likeness (QED) is 0.905. The van der Waals surface area contributed by atoms with Crippen molar-refractivity contribution in [2.45, 2.75) is 12.8 Å². The van der Waals surface area contributed by atoms with E-state index in [0.29, 0.717) is 15.6 Å². The molecular weight excluding hydrogens is 321 g/mol. The van der Waals surface area contributed by atoms with Crippen LogP contribution >= 0.6 is 23.2 Å². The minimum absolute atomic E-state index is 0.0257. The van der Waals surface area contributed by atoms with Crippen molar-refractivity contribution in [3.63, 3.8) is 0 Å². The third kappa shape index (κ3) is 3.51. The lowest BCUT2D eigenvalue weighted by Crippen LogP contribution is -2.27. The van der Waals surface area contributed by atoms with Crippen molar-refractivity contribution < 1.29 is 4.79 Å². The van der Waals surface area contributed by atoms with Crippen LogP contribution in [0, 0.1) is 0 Å². The number of hydrogen-bond donors (Lipinski definition) is 1. The van der Waals surface area contributed by atoms with Crippen LogP contribution in [0.4, 0.5) is 11.4 Å². The summed E-state index contributed by atoms with van der Waals surface area (Å²) in [7, 11) is 0. The van der Waals surface area contributed by atoms with Crippen LogP contribution in [-0.2, 0) is 0 Å². The third-order valence-electron chi connectivity index (χ3n) is 3.53. The Morgan fingerprint density at radius 1 is 1.00 bits per heavy atom. The van der Waals surface area contributed by atoms with Crippen LogP contribution in [0.2, 0.25) is 10.0 Å². The fraction of sp³-hybridized carbons (Fsp3) is 0.250. The highest BCUT2D eigenvalue weighted by Crippen LogP contribution is 2.25. The van der Waals surface area contributed by atoms with Gasteiger partial charge in [0.05, 0.1) is 17.4 Å². The molecule has 114 valence electrons. The first-order chi connectivity index (χ1) is 10.6. The lowest BCUT2D eigenvalue weighted by atomic mass is 10.2. The van der Waals surface area contributed by atoms with E-state index in [0.717, 1.165) is 37.3 Å². The largest absolute Gasteiger partial charge is 0.354 e. The number of pyridine rings is 1. The Labute approximate surface area is 139 Å². The van der Waals surface area contributed by atoms with Gasteiger partial charge in [0.25, 0.3) is 5.91 Å². The Morgan fingerprint density at radius 3 is 2.36 bits per heavy atom. The molecule has 6 heteroatoms. The van der Waals surface area contributed by atoms with Crippen LogP contribution in [0.25, 0.3) is 0 Å². The Bertz CT molecular complexity index is 679. The van der Waals surface area contributed by atoms with Crippen LogP contribution in [-0.4, -0.2) is 28.9 Å². The molecule has 1 amide bonds. The molecule has 3 rings (SSSR count). The zero-order chi connectivity index (χ0) is 15.5. The van der Waals surface area contributed by atoms with Crippen molar-refractivity contribution in [1.29, 1.82) is 0 Å². The standard InChI is InChI=1S/C16H15Cl2N3O/c17-12-6-13(18)8-14(7-12)20-15-5-11(9-19-10-15)16(22)21-3-1-2-4-21/h5-10,20H,1-4H2. The number of likely N-dealkylation sites (tertiary alicyclic amines) is 1. The molecule has 0 bridgehead atoms. The number of carbonyl (C=O) groups is 1. The molecule has 4 nitrogen and oxygen atoms in total. The van der Waals surface area contributed by atoms with E-state index in [9.17, 15) is 4.79 Å². The van der Waals surface area contributed by atoms with Crippen molar-refractivity contribution in [2.24, 2.45) is 0 Å². The van der Waals surface area contributed by atoms with Gasteiger partial charge in [-0.3, -0.25) is 9.78 Å². The molecule has 2 heterocycles. The molecule has 0 radical (unpaired) electrons. The van der Waals surface area contributed by atoms with Gasteiger partial charge in [0.15, 0.2) is 0 Å². The van der Waals surface area contributed by atoms with Gasteiger partial charge in [-0.2, -0.15) is 0 Å². The maximum Gasteiger partial charge on any atom is 0.255 e. The smallest absolute Gasteiger partial charge is 0.255 e. The van der Waals surface area contributed by atoms with E-state index in [4.69, 9.17) is 23.2 Å². The Balaban J connectivity index is 1.80. The van der Waals surface area contributed by atoms with Crippen molar-refractivity contribution >= 4 is 40.5 Å². The Hall–Kier alpha value is -1.78. The topological polar surface area (TPSA) is 45.2 Å². The first-order valence-corrected chi connectivity index (χ1v) is 7.85. The summed E-state index contributed by atoms with van der Waals surface area (Å²) in [6.07, 6.45) is 5.39. The maximum atomic E-state index is 12.4. The molecule has 2 aromatic rings. The minimum atomic E-state index is 0.0257. The molecule has 0 aliphatic carbocycles. The molecule has 1 aromatic heterocycles. The highest BCUT2D eigenvalue weighted by molar-refractivity contribution is 6.35. The number of halogens is 2. The molecule has 0 atom stereocenters. The summed E-state index contributed by atoms with van der Waals surface area (Å²) in [6, 6.07) is 6.99. The molecule has 0 spiro atoms. The molecule has 1 aliphatic rings. The van der Waals surface area contributed by atoms with E-state index >= 15 is 0 Å². The number of nitrogens with zero attached hydrogens (tertiary/aromatic N) is 2. The molecule has 1 fully saturated rings. The summed E-state index contributed by atoms with van der Waals surface area (Å²) < 4.78 is 0. The van der Waals surface area contributed by atoms with Crippen LogP contribution in [0.5, 0.6) is 0 Å². The molecule has 0 saturated carbocycles. The number of amides is 1. The van der Waals surface area contributed by atoms with Gasteiger partial charge in [-0.05, 0) is 37.1 Å². The summed E-state index contributed by atoms with van der Waals surface area (Å²) in [6.45, 7) is 1.64. The summed E-state index contributed by atoms with van der Waals surface area (Å²) in [4.78, 5) is 18.4. The number of carbonyl (C=O) groups excluding carboxylic acids is 1. The van der Waals surface area contributed by atoms with Gasteiger partial charge in [0, 0.05) is 35.0 Å². The third-order valence-corrected chi connectivity index (χ3v) is 3.97. The second-order valence-corrected chi connectivity index (χ2v) is 6.12. The van der Waals surface area contributed by atoms with Gasteiger partial charge in [-0.15, -0.1) is 0 Å². The highest BCUT2D eigenvalue weighted by Gasteiger charge is 2.19. The van der Waals surface area contributed by atoms with Gasteiger partial charge in [-0.1, -0.05) is 23.2 Å². The predicted octanol–water partition coefficient (Wildman–Crippen LogP) is 4.37. The van der Waals surface area contributed by atoms with Gasteiger partial charge in [0.1, 0.15) is 0 Å². The van der Waals surface area contributed by atoms with E-state index in [2.05, 4.69) is 10.3 Å². The van der Waals surface area contributed by atoms with E-state index in [1.165, 1.54) is 0 Å². The van der Waals surface area contributed by atoms with Crippen molar-refractivity contribution in [1.82, 2.24) is 9.88 Å². The monoisotopic (exact) mass is 335 g/mol. The van der Waals surface area contributed by atoms with E-state index in [1.807, 2.05) is 4.90 Å². The molecule has 1 aliphatic heterocycles. The molecule has 22 heavy (non-hydrogen) atoms. The molecule has 0 unspecified atom stereocenters. The van der Waals surface area contributed by atoms with E-state index < -0.39 is 0 Å². The summed E-state index contributed by atoms with van der Waals surface area (Å²) >= 11 is 12.0. The zero-order valence-corrected chi connectivity index (χ0v) is 13.4.